The first-order chi connectivity index (χ1) is 12.2. The minimum atomic E-state index is -0.136. The molecule has 1 aromatic carbocycles. The molecule has 0 aliphatic heterocycles. The van der Waals surface area contributed by atoms with Crippen LogP contribution in [0.5, 0.6) is 0 Å². The predicted octanol–water partition coefficient (Wildman–Crippen LogP) is 4.19. The van der Waals surface area contributed by atoms with Crippen LogP contribution in [0.1, 0.15) is 54.6 Å². The Morgan fingerprint density at radius 1 is 1.00 bits per heavy atom. The summed E-state index contributed by atoms with van der Waals surface area (Å²) in [5.41, 5.74) is 1.46. The summed E-state index contributed by atoms with van der Waals surface area (Å²) in [6.07, 6.45) is 7.01. The van der Waals surface area contributed by atoms with Crippen LogP contribution in [-0.4, -0.2) is 22.1 Å². The fourth-order valence-corrected chi connectivity index (χ4v) is 3.15. The Balaban J connectivity index is 1.52. The molecule has 1 saturated carbocycles. The number of rotatable bonds is 5. The molecule has 5 nitrogen and oxygen atoms in total. The highest BCUT2D eigenvalue weighted by Gasteiger charge is 2.16. The minimum absolute atomic E-state index is 0.136. The average Bonchev–Trinajstić information content (AvgIpc) is 2.90. The van der Waals surface area contributed by atoms with E-state index in [9.17, 15) is 4.79 Å². The van der Waals surface area contributed by atoms with E-state index in [1.807, 2.05) is 24.3 Å². The largest absolute Gasteiger partial charge is 0.365 e. The lowest BCUT2D eigenvalue weighted by Crippen LogP contribution is -2.35. The van der Waals surface area contributed by atoms with Gasteiger partial charge in [0.2, 0.25) is 0 Å². The normalized spacial score (nSPS) is 15.4. The summed E-state index contributed by atoms with van der Waals surface area (Å²) >= 11 is 5.87. The Hall–Kier alpha value is -2.14. The first-order valence-corrected chi connectivity index (χ1v) is 9.21. The van der Waals surface area contributed by atoms with Gasteiger partial charge in [0.25, 0.3) is 5.91 Å². The molecule has 1 heterocycles. The molecule has 3 rings (SSSR count). The Labute approximate surface area is 153 Å². The van der Waals surface area contributed by atoms with Crippen molar-refractivity contribution < 1.29 is 4.79 Å². The number of nitrogens with one attached hydrogen (secondary N) is 2. The highest BCUT2D eigenvalue weighted by molar-refractivity contribution is 6.30. The van der Waals surface area contributed by atoms with Gasteiger partial charge in [-0.3, -0.25) is 4.79 Å². The van der Waals surface area contributed by atoms with Crippen molar-refractivity contribution in [2.24, 2.45) is 0 Å². The monoisotopic (exact) mass is 358 g/mol. The quantitative estimate of drug-likeness (QED) is 0.786. The standard InChI is InChI=1S/C19H23ClN4O/c20-15-9-7-14(8-10-15)13-21-18-12-11-17(23-24-18)19(25)22-16-5-3-1-2-4-6-16/h7-12,16H,1-6,13H2,(H,21,24)(H,22,25). The fourth-order valence-electron chi connectivity index (χ4n) is 3.03. The van der Waals surface area contributed by atoms with Crippen LogP contribution < -0.4 is 10.6 Å². The molecular weight excluding hydrogens is 336 g/mol. The van der Waals surface area contributed by atoms with E-state index in [0.29, 0.717) is 23.1 Å². The maximum atomic E-state index is 12.3. The molecule has 0 atom stereocenters. The van der Waals surface area contributed by atoms with Gasteiger partial charge in [0, 0.05) is 17.6 Å². The second-order valence-corrected chi connectivity index (χ2v) is 6.88. The van der Waals surface area contributed by atoms with Crippen molar-refractivity contribution in [3.8, 4) is 0 Å². The molecule has 0 bridgehead atoms. The molecule has 1 aliphatic rings. The molecule has 1 aromatic heterocycles. The lowest BCUT2D eigenvalue weighted by atomic mass is 10.1. The van der Waals surface area contributed by atoms with Crippen molar-refractivity contribution in [2.45, 2.75) is 51.1 Å². The highest BCUT2D eigenvalue weighted by atomic mass is 35.5. The van der Waals surface area contributed by atoms with Gasteiger partial charge in [0.1, 0.15) is 5.82 Å². The summed E-state index contributed by atoms with van der Waals surface area (Å²) in [5, 5.41) is 15.1. The third-order valence-corrected chi connectivity index (χ3v) is 4.73. The molecule has 6 heteroatoms. The second kappa shape index (κ2) is 8.81. The van der Waals surface area contributed by atoms with Crippen LogP contribution in [0.15, 0.2) is 36.4 Å². The molecule has 1 fully saturated rings. The van der Waals surface area contributed by atoms with Gasteiger partial charge >= 0.3 is 0 Å². The SMILES string of the molecule is O=C(NC1CCCCCC1)c1ccc(NCc2ccc(Cl)cc2)nn1. The van der Waals surface area contributed by atoms with Crippen LogP contribution in [0.3, 0.4) is 0 Å². The Morgan fingerprint density at radius 3 is 2.36 bits per heavy atom. The Kier molecular flexibility index (Phi) is 6.23. The van der Waals surface area contributed by atoms with Gasteiger partial charge in [0.05, 0.1) is 0 Å². The lowest BCUT2D eigenvalue weighted by Gasteiger charge is -2.15. The van der Waals surface area contributed by atoms with E-state index in [2.05, 4.69) is 20.8 Å². The van der Waals surface area contributed by atoms with Crippen molar-refractivity contribution in [1.29, 1.82) is 0 Å². The van der Waals surface area contributed by atoms with Crippen LogP contribution in [0.2, 0.25) is 5.02 Å². The van der Waals surface area contributed by atoms with Gasteiger partial charge in [0.15, 0.2) is 5.69 Å². The summed E-state index contributed by atoms with van der Waals surface area (Å²) in [6.45, 7) is 0.624. The zero-order chi connectivity index (χ0) is 17.5. The summed E-state index contributed by atoms with van der Waals surface area (Å²) in [4.78, 5) is 12.3. The van der Waals surface area contributed by atoms with E-state index in [0.717, 1.165) is 18.4 Å². The molecular formula is C19H23ClN4O. The van der Waals surface area contributed by atoms with Crippen LogP contribution in [0.25, 0.3) is 0 Å². The van der Waals surface area contributed by atoms with Gasteiger partial charge in [-0.05, 0) is 42.7 Å². The van der Waals surface area contributed by atoms with Crippen LogP contribution >= 0.6 is 11.6 Å². The number of aromatic nitrogens is 2. The first kappa shape index (κ1) is 17.7. The number of amides is 1. The van der Waals surface area contributed by atoms with Crippen molar-refractivity contribution in [3.63, 3.8) is 0 Å². The zero-order valence-corrected chi connectivity index (χ0v) is 14.9. The topological polar surface area (TPSA) is 66.9 Å². The second-order valence-electron chi connectivity index (χ2n) is 6.45. The Bertz CT molecular complexity index is 680. The van der Waals surface area contributed by atoms with E-state index < -0.39 is 0 Å². The number of halogens is 1. The van der Waals surface area contributed by atoms with E-state index in [-0.39, 0.29) is 11.9 Å². The molecule has 132 valence electrons. The van der Waals surface area contributed by atoms with Crippen molar-refractivity contribution in [1.82, 2.24) is 15.5 Å². The van der Waals surface area contributed by atoms with E-state index in [1.54, 1.807) is 12.1 Å². The zero-order valence-electron chi connectivity index (χ0n) is 14.2. The molecule has 1 amide bonds. The van der Waals surface area contributed by atoms with Crippen LogP contribution in [0.4, 0.5) is 5.82 Å². The van der Waals surface area contributed by atoms with Gasteiger partial charge < -0.3 is 10.6 Å². The van der Waals surface area contributed by atoms with Crippen LogP contribution in [-0.2, 0) is 6.54 Å². The van der Waals surface area contributed by atoms with Crippen molar-refractivity contribution in [2.75, 3.05) is 5.32 Å². The van der Waals surface area contributed by atoms with Crippen molar-refractivity contribution in [3.05, 3.63) is 52.7 Å². The molecule has 1 aliphatic carbocycles. The lowest BCUT2D eigenvalue weighted by molar-refractivity contribution is 0.0927. The minimum Gasteiger partial charge on any atom is -0.365 e. The smallest absolute Gasteiger partial charge is 0.272 e. The predicted molar refractivity (Wildman–Crippen MR) is 99.8 cm³/mol. The van der Waals surface area contributed by atoms with E-state index >= 15 is 0 Å². The number of hydrogen-bond donors (Lipinski definition) is 2. The highest BCUT2D eigenvalue weighted by Crippen LogP contribution is 2.17. The van der Waals surface area contributed by atoms with E-state index in [1.165, 1.54) is 25.7 Å². The number of carbonyl (C=O) groups excluding carboxylic acids is 1. The summed E-state index contributed by atoms with van der Waals surface area (Å²) < 4.78 is 0. The van der Waals surface area contributed by atoms with Gasteiger partial charge in [-0.2, -0.15) is 0 Å². The number of hydrogen-bond acceptors (Lipinski definition) is 4. The molecule has 0 spiro atoms. The number of benzene rings is 1. The summed E-state index contributed by atoms with van der Waals surface area (Å²) in [5.74, 6) is 0.504. The van der Waals surface area contributed by atoms with Gasteiger partial charge in [-0.15, -0.1) is 10.2 Å². The van der Waals surface area contributed by atoms with E-state index in [4.69, 9.17) is 11.6 Å². The molecule has 25 heavy (non-hydrogen) atoms. The summed E-state index contributed by atoms with van der Waals surface area (Å²) in [6, 6.07) is 11.4. The molecule has 0 saturated heterocycles. The first-order valence-electron chi connectivity index (χ1n) is 8.83. The van der Waals surface area contributed by atoms with Crippen molar-refractivity contribution >= 4 is 23.3 Å². The third-order valence-electron chi connectivity index (χ3n) is 4.47. The maximum absolute atomic E-state index is 12.3. The fraction of sp³-hybridized carbons (Fsp3) is 0.421. The third kappa shape index (κ3) is 5.43. The molecule has 2 aromatic rings. The molecule has 0 unspecified atom stereocenters. The number of anilines is 1. The van der Waals surface area contributed by atoms with Gasteiger partial charge in [-0.1, -0.05) is 49.4 Å². The Morgan fingerprint density at radius 2 is 1.72 bits per heavy atom. The van der Waals surface area contributed by atoms with Gasteiger partial charge in [-0.25, -0.2) is 0 Å². The summed E-state index contributed by atoms with van der Waals surface area (Å²) in [7, 11) is 0. The average molecular weight is 359 g/mol. The van der Waals surface area contributed by atoms with Crippen LogP contribution in [0, 0.1) is 0 Å². The molecule has 0 radical (unpaired) electrons. The maximum Gasteiger partial charge on any atom is 0.272 e. The number of nitrogens with zero attached hydrogens (tertiary/aromatic N) is 2. The molecule has 2 N–H and O–H groups in total. The number of carbonyl (C=O) groups is 1.